The molecule has 1 amide bonds. The van der Waals surface area contributed by atoms with Gasteiger partial charge in [0, 0.05) is 17.8 Å². The highest BCUT2D eigenvalue weighted by Gasteiger charge is 2.36. The Balaban J connectivity index is 1.35. The first-order valence-corrected chi connectivity index (χ1v) is 11.3. The SMILES string of the molecule is COc1cc(C)c(C[NH+]2CC[NH+]([C@@H](C)C(=O)N3CCc4ccccc43)CC2)cc1OC. The topological polar surface area (TPSA) is 47.7 Å². The molecule has 0 aliphatic carbocycles. The van der Waals surface area contributed by atoms with Crippen LogP contribution in [0.2, 0.25) is 0 Å². The smallest absolute Gasteiger partial charge is 0.284 e. The van der Waals surface area contributed by atoms with Gasteiger partial charge >= 0.3 is 0 Å². The second kappa shape index (κ2) is 9.28. The summed E-state index contributed by atoms with van der Waals surface area (Å²) in [5, 5.41) is 0. The van der Waals surface area contributed by atoms with Crippen LogP contribution in [0.25, 0.3) is 0 Å². The Kier molecular flexibility index (Phi) is 6.49. The van der Waals surface area contributed by atoms with E-state index >= 15 is 0 Å². The van der Waals surface area contributed by atoms with Crippen LogP contribution in [0, 0.1) is 6.92 Å². The van der Waals surface area contributed by atoms with E-state index in [1.165, 1.54) is 21.6 Å². The van der Waals surface area contributed by atoms with Crippen LogP contribution in [0.3, 0.4) is 0 Å². The summed E-state index contributed by atoms with van der Waals surface area (Å²) < 4.78 is 10.9. The van der Waals surface area contributed by atoms with E-state index in [-0.39, 0.29) is 11.9 Å². The minimum atomic E-state index is -0.00415. The van der Waals surface area contributed by atoms with Crippen LogP contribution < -0.4 is 24.2 Å². The van der Waals surface area contributed by atoms with E-state index in [9.17, 15) is 4.79 Å². The number of amides is 1. The molecule has 2 aliphatic heterocycles. The lowest BCUT2D eigenvalue weighted by Gasteiger charge is -2.34. The molecule has 6 nitrogen and oxygen atoms in total. The maximum absolute atomic E-state index is 13.2. The number of hydrogen-bond acceptors (Lipinski definition) is 3. The minimum Gasteiger partial charge on any atom is -0.493 e. The maximum atomic E-state index is 13.2. The molecule has 1 atom stereocenters. The molecular weight excluding hydrogens is 390 g/mol. The van der Waals surface area contributed by atoms with Crippen molar-refractivity contribution in [3.63, 3.8) is 0 Å². The van der Waals surface area contributed by atoms with Crippen LogP contribution in [-0.4, -0.2) is 58.9 Å². The molecule has 0 spiro atoms. The number of piperazine rings is 1. The zero-order valence-electron chi connectivity index (χ0n) is 19.2. The molecule has 166 valence electrons. The lowest BCUT2D eigenvalue weighted by molar-refractivity contribution is -1.02. The zero-order chi connectivity index (χ0) is 22.0. The average molecular weight is 426 g/mol. The van der Waals surface area contributed by atoms with Gasteiger partial charge in [-0.25, -0.2) is 0 Å². The number of hydrogen-bond donors (Lipinski definition) is 2. The number of ether oxygens (including phenoxy) is 2. The Morgan fingerprint density at radius 3 is 2.45 bits per heavy atom. The van der Waals surface area contributed by atoms with E-state index in [0.717, 1.165) is 62.9 Å². The zero-order valence-corrected chi connectivity index (χ0v) is 19.2. The lowest BCUT2D eigenvalue weighted by atomic mass is 10.1. The maximum Gasteiger partial charge on any atom is 0.284 e. The van der Waals surface area contributed by atoms with Gasteiger partial charge in [-0.05, 0) is 49.6 Å². The molecule has 0 bridgehead atoms. The molecule has 2 aliphatic rings. The summed E-state index contributed by atoms with van der Waals surface area (Å²) in [6.45, 7) is 10.2. The molecule has 6 heteroatoms. The number of carbonyl (C=O) groups is 1. The molecule has 1 fully saturated rings. The highest BCUT2D eigenvalue weighted by Crippen LogP contribution is 2.30. The standard InChI is InChI=1S/C25H33N3O3/c1-18-15-23(30-3)24(31-4)16-21(18)17-26-11-13-27(14-12-26)19(2)25(29)28-10-9-20-7-5-6-8-22(20)28/h5-8,15-16,19H,9-14,17H2,1-4H3/p+2/t19-/m0/s1. The van der Waals surface area contributed by atoms with Crippen molar-refractivity contribution in [2.45, 2.75) is 32.9 Å². The third-order valence-corrected chi connectivity index (χ3v) is 7.02. The molecule has 2 heterocycles. The van der Waals surface area contributed by atoms with Crippen molar-refractivity contribution in [2.75, 3.05) is 51.8 Å². The van der Waals surface area contributed by atoms with Gasteiger partial charge in [-0.1, -0.05) is 18.2 Å². The van der Waals surface area contributed by atoms with Crippen LogP contribution in [0.5, 0.6) is 11.5 Å². The van der Waals surface area contributed by atoms with Crippen LogP contribution in [-0.2, 0) is 17.8 Å². The van der Waals surface area contributed by atoms with E-state index in [1.54, 1.807) is 19.1 Å². The first-order valence-electron chi connectivity index (χ1n) is 11.3. The fourth-order valence-corrected chi connectivity index (χ4v) is 4.99. The number of methoxy groups -OCH3 is 2. The quantitative estimate of drug-likeness (QED) is 0.699. The fraction of sp³-hybridized carbons (Fsp3) is 0.480. The number of benzene rings is 2. The monoisotopic (exact) mass is 425 g/mol. The van der Waals surface area contributed by atoms with Crippen molar-refractivity contribution in [1.82, 2.24) is 0 Å². The van der Waals surface area contributed by atoms with Crippen LogP contribution in [0.4, 0.5) is 5.69 Å². The number of aryl methyl sites for hydroxylation is 1. The normalized spacial score (nSPS) is 21.5. The number of nitrogens with zero attached hydrogens (tertiary/aromatic N) is 1. The summed E-state index contributed by atoms with van der Waals surface area (Å²) in [5.74, 6) is 1.83. The minimum absolute atomic E-state index is 0.00415. The average Bonchev–Trinajstić information content (AvgIpc) is 3.23. The van der Waals surface area contributed by atoms with Gasteiger partial charge in [0.15, 0.2) is 17.5 Å². The molecule has 2 aromatic carbocycles. The van der Waals surface area contributed by atoms with E-state index in [4.69, 9.17) is 9.47 Å². The van der Waals surface area contributed by atoms with Crippen molar-refractivity contribution < 1.29 is 24.1 Å². The summed E-state index contributed by atoms with van der Waals surface area (Å²) in [7, 11) is 3.36. The summed E-state index contributed by atoms with van der Waals surface area (Å²) in [5.41, 5.74) is 4.93. The predicted octanol–water partition coefficient (Wildman–Crippen LogP) is 0.273. The Bertz CT molecular complexity index is 938. The number of para-hydroxylation sites is 1. The molecule has 0 aromatic heterocycles. The Morgan fingerprint density at radius 1 is 1.06 bits per heavy atom. The number of fused-ring (bicyclic) bond motifs is 1. The molecule has 4 rings (SSSR count). The second-order valence-electron chi connectivity index (χ2n) is 8.81. The Hall–Kier alpha value is -2.57. The summed E-state index contributed by atoms with van der Waals surface area (Å²) in [6.07, 6.45) is 0.965. The fourth-order valence-electron chi connectivity index (χ4n) is 4.99. The Morgan fingerprint density at radius 2 is 1.74 bits per heavy atom. The van der Waals surface area contributed by atoms with E-state index in [2.05, 4.69) is 44.2 Å². The molecule has 0 saturated carbocycles. The van der Waals surface area contributed by atoms with Gasteiger partial charge in [0.1, 0.15) is 32.7 Å². The molecule has 31 heavy (non-hydrogen) atoms. The van der Waals surface area contributed by atoms with Gasteiger partial charge in [0.25, 0.3) is 5.91 Å². The van der Waals surface area contributed by atoms with Crippen molar-refractivity contribution in [3.05, 3.63) is 53.1 Å². The number of quaternary nitrogens is 2. The number of carbonyl (C=O) groups excluding carboxylic acids is 1. The molecule has 1 saturated heterocycles. The second-order valence-corrected chi connectivity index (χ2v) is 8.81. The van der Waals surface area contributed by atoms with Gasteiger partial charge in [-0.2, -0.15) is 0 Å². The van der Waals surface area contributed by atoms with Crippen LogP contribution >= 0.6 is 0 Å². The highest BCUT2D eigenvalue weighted by molar-refractivity contribution is 5.97. The first-order chi connectivity index (χ1) is 15.0. The summed E-state index contributed by atoms with van der Waals surface area (Å²) in [6, 6.07) is 12.5. The van der Waals surface area contributed by atoms with Crippen molar-refractivity contribution in [3.8, 4) is 11.5 Å². The number of anilines is 1. The highest BCUT2D eigenvalue weighted by atomic mass is 16.5. The van der Waals surface area contributed by atoms with Crippen molar-refractivity contribution in [2.24, 2.45) is 0 Å². The predicted molar refractivity (Wildman–Crippen MR) is 121 cm³/mol. The number of nitrogens with one attached hydrogen (secondary N) is 2. The van der Waals surface area contributed by atoms with Gasteiger partial charge < -0.3 is 24.2 Å². The number of rotatable bonds is 6. The van der Waals surface area contributed by atoms with E-state index in [1.807, 2.05) is 11.0 Å². The molecular formula is C25H35N3O3+2. The first kappa shape index (κ1) is 21.7. The molecule has 2 N–H and O–H groups in total. The lowest BCUT2D eigenvalue weighted by Crippen LogP contribution is -3.29. The summed E-state index contributed by atoms with van der Waals surface area (Å²) in [4.78, 5) is 18.2. The van der Waals surface area contributed by atoms with E-state index < -0.39 is 0 Å². The summed E-state index contributed by atoms with van der Waals surface area (Å²) >= 11 is 0. The van der Waals surface area contributed by atoms with E-state index in [0.29, 0.717) is 0 Å². The third-order valence-electron chi connectivity index (χ3n) is 7.02. The van der Waals surface area contributed by atoms with Gasteiger partial charge in [0.05, 0.1) is 14.2 Å². The Labute approximate surface area is 185 Å². The van der Waals surface area contributed by atoms with Crippen LogP contribution in [0.15, 0.2) is 36.4 Å². The van der Waals surface area contributed by atoms with Crippen molar-refractivity contribution in [1.29, 1.82) is 0 Å². The third kappa shape index (κ3) is 4.41. The largest absolute Gasteiger partial charge is 0.493 e. The van der Waals surface area contributed by atoms with Gasteiger partial charge in [-0.3, -0.25) is 4.79 Å². The molecule has 0 radical (unpaired) electrons. The van der Waals surface area contributed by atoms with Gasteiger partial charge in [0.2, 0.25) is 0 Å². The molecule has 2 aromatic rings. The van der Waals surface area contributed by atoms with Crippen LogP contribution in [0.1, 0.15) is 23.6 Å². The molecule has 0 unspecified atom stereocenters. The van der Waals surface area contributed by atoms with Gasteiger partial charge in [-0.15, -0.1) is 0 Å². The van der Waals surface area contributed by atoms with Crippen molar-refractivity contribution >= 4 is 11.6 Å².